The quantitative estimate of drug-likeness (QED) is 0.301. The Kier molecular flexibility index (Phi) is 6.87. The fraction of sp³-hybridized carbons (Fsp3) is 0.444. The lowest BCUT2D eigenvalue weighted by molar-refractivity contribution is 0.110. The van der Waals surface area contributed by atoms with Gasteiger partial charge in [0.15, 0.2) is 11.5 Å². The van der Waals surface area contributed by atoms with Crippen molar-refractivity contribution in [1.29, 1.82) is 5.41 Å². The summed E-state index contributed by atoms with van der Waals surface area (Å²) in [7, 11) is 0. The van der Waals surface area contributed by atoms with Crippen LogP contribution in [0.5, 0.6) is 0 Å². The number of aromatic nitrogens is 2. The van der Waals surface area contributed by atoms with E-state index < -0.39 is 5.82 Å². The molecule has 28 heavy (non-hydrogen) atoms. The molecule has 0 amide bonds. The van der Waals surface area contributed by atoms with Crippen molar-refractivity contribution in [2.75, 3.05) is 0 Å². The first kappa shape index (κ1) is 20.6. The number of nitrogens with one attached hydrogen (secondary N) is 2. The maximum Gasteiger partial charge on any atom is 0.182 e. The van der Waals surface area contributed by atoms with Crippen molar-refractivity contribution < 1.29 is 19.3 Å². The van der Waals surface area contributed by atoms with E-state index in [0.717, 1.165) is 25.7 Å². The highest BCUT2D eigenvalue weighted by atomic mass is 79.9. The van der Waals surface area contributed by atoms with E-state index in [2.05, 4.69) is 31.2 Å². The Bertz CT molecular complexity index is 865. The Morgan fingerprint density at radius 2 is 2.07 bits per heavy atom. The Labute approximate surface area is 169 Å². The van der Waals surface area contributed by atoms with Gasteiger partial charge in [0.05, 0.1) is 16.3 Å². The molecule has 3 rings (SSSR count). The molecular formula is C18H21BrFN5O3. The van der Waals surface area contributed by atoms with Gasteiger partial charge in [0.1, 0.15) is 11.5 Å². The van der Waals surface area contributed by atoms with Crippen molar-refractivity contribution in [2.24, 2.45) is 10.9 Å². The van der Waals surface area contributed by atoms with Crippen LogP contribution >= 0.6 is 15.9 Å². The van der Waals surface area contributed by atoms with Gasteiger partial charge in [-0.05, 0) is 77.3 Å². The highest BCUT2D eigenvalue weighted by Crippen LogP contribution is 2.27. The lowest BCUT2D eigenvalue weighted by atomic mass is 9.83. The molecule has 1 aromatic heterocycles. The first-order valence-electron chi connectivity index (χ1n) is 8.96. The van der Waals surface area contributed by atoms with E-state index in [1.54, 1.807) is 0 Å². The molecule has 0 aliphatic heterocycles. The molecular weight excluding hydrogens is 433 g/mol. The van der Waals surface area contributed by atoms with Crippen LogP contribution in [-0.4, -0.2) is 38.3 Å². The zero-order chi connectivity index (χ0) is 20.1. The fourth-order valence-electron chi connectivity index (χ4n) is 3.29. The van der Waals surface area contributed by atoms with Crippen molar-refractivity contribution in [2.45, 2.75) is 44.6 Å². The normalized spacial score (nSPS) is 20.2. The zero-order valence-corrected chi connectivity index (χ0v) is 16.6. The lowest BCUT2D eigenvalue weighted by Gasteiger charge is -2.25. The van der Waals surface area contributed by atoms with Gasteiger partial charge in [-0.2, -0.15) is 0 Å². The minimum absolute atomic E-state index is 0.0108. The molecule has 8 nitrogen and oxygen atoms in total. The molecule has 0 atom stereocenters. The van der Waals surface area contributed by atoms with E-state index in [9.17, 15) is 14.7 Å². The molecule has 1 aliphatic rings. The molecule has 0 saturated heterocycles. The molecule has 0 bridgehead atoms. The summed E-state index contributed by atoms with van der Waals surface area (Å²) >= 11 is 3.09. The van der Waals surface area contributed by atoms with Crippen molar-refractivity contribution in [1.82, 2.24) is 15.8 Å². The average molecular weight is 454 g/mol. The third-order valence-electron chi connectivity index (χ3n) is 4.76. The summed E-state index contributed by atoms with van der Waals surface area (Å²) in [5.74, 6) is -0.0619. The van der Waals surface area contributed by atoms with Gasteiger partial charge in [0.25, 0.3) is 0 Å². The zero-order valence-electron chi connectivity index (χ0n) is 15.0. The first-order chi connectivity index (χ1) is 13.5. The standard InChI is InChI=1S/C18H21BrFN5O3/c19-14-9-12(3-6-15(14)20)22-18(23-27)17-16(24-28-25-17)8-11(21)7-10-1-4-13(26)5-2-10/h3,6,9-10,13,21,26-27H,1-2,4-5,7-8H2,(H,22,23). The maximum absolute atomic E-state index is 13.4. The monoisotopic (exact) mass is 453 g/mol. The topological polar surface area (TPSA) is 128 Å². The summed E-state index contributed by atoms with van der Waals surface area (Å²) in [6.07, 6.45) is 3.95. The Morgan fingerprint density at radius 1 is 1.32 bits per heavy atom. The van der Waals surface area contributed by atoms with E-state index in [1.807, 2.05) is 5.48 Å². The van der Waals surface area contributed by atoms with Crippen LogP contribution in [0.4, 0.5) is 10.1 Å². The summed E-state index contributed by atoms with van der Waals surface area (Å²) in [5, 5.41) is 35.0. The number of hydroxylamine groups is 1. The molecule has 2 aromatic rings. The second-order valence-electron chi connectivity index (χ2n) is 6.89. The molecule has 0 unspecified atom stereocenters. The Balaban J connectivity index is 1.71. The molecule has 10 heteroatoms. The number of benzene rings is 1. The van der Waals surface area contributed by atoms with Crippen LogP contribution < -0.4 is 5.48 Å². The summed E-state index contributed by atoms with van der Waals surface area (Å²) in [5.41, 5.74) is 3.39. The van der Waals surface area contributed by atoms with Crippen LogP contribution in [-0.2, 0) is 6.42 Å². The Hall–Kier alpha value is -2.17. The predicted octanol–water partition coefficient (Wildman–Crippen LogP) is 3.53. The second kappa shape index (κ2) is 9.35. The van der Waals surface area contributed by atoms with Crippen LogP contribution in [0.3, 0.4) is 0 Å². The summed E-state index contributed by atoms with van der Waals surface area (Å²) in [4.78, 5) is 4.21. The molecule has 1 heterocycles. The molecule has 0 spiro atoms. The molecule has 150 valence electrons. The number of hydrogen-bond acceptors (Lipinski definition) is 7. The summed E-state index contributed by atoms with van der Waals surface area (Å²) < 4.78 is 18.4. The van der Waals surface area contributed by atoms with Gasteiger partial charge in [-0.1, -0.05) is 5.16 Å². The van der Waals surface area contributed by atoms with E-state index in [1.165, 1.54) is 18.2 Å². The Morgan fingerprint density at radius 3 is 2.75 bits per heavy atom. The number of halogens is 2. The average Bonchev–Trinajstić information content (AvgIpc) is 3.12. The third-order valence-corrected chi connectivity index (χ3v) is 5.37. The molecule has 1 fully saturated rings. The third kappa shape index (κ3) is 5.21. The van der Waals surface area contributed by atoms with Crippen molar-refractivity contribution >= 4 is 33.2 Å². The van der Waals surface area contributed by atoms with E-state index in [-0.39, 0.29) is 28.5 Å². The van der Waals surface area contributed by atoms with Gasteiger partial charge < -0.3 is 10.5 Å². The largest absolute Gasteiger partial charge is 0.393 e. The van der Waals surface area contributed by atoms with Crippen LogP contribution in [0.15, 0.2) is 32.3 Å². The van der Waals surface area contributed by atoms with Crippen LogP contribution in [0.2, 0.25) is 0 Å². The number of aliphatic imine (C=N–C) groups is 1. The number of aliphatic hydroxyl groups is 1. The summed E-state index contributed by atoms with van der Waals surface area (Å²) in [6.45, 7) is 0. The van der Waals surface area contributed by atoms with Gasteiger partial charge in [0.2, 0.25) is 0 Å². The molecule has 1 aliphatic carbocycles. The molecule has 1 aromatic carbocycles. The van der Waals surface area contributed by atoms with E-state index >= 15 is 0 Å². The van der Waals surface area contributed by atoms with Crippen molar-refractivity contribution in [3.05, 3.63) is 39.9 Å². The lowest BCUT2D eigenvalue weighted by Crippen LogP contribution is -2.23. The van der Waals surface area contributed by atoms with E-state index in [4.69, 9.17) is 10.0 Å². The fourth-order valence-corrected chi connectivity index (χ4v) is 3.66. The minimum Gasteiger partial charge on any atom is -0.393 e. The first-order valence-corrected chi connectivity index (χ1v) is 9.75. The number of aliphatic hydroxyl groups excluding tert-OH is 1. The number of amidine groups is 1. The van der Waals surface area contributed by atoms with Crippen LogP contribution in [0.1, 0.15) is 43.5 Å². The van der Waals surface area contributed by atoms with Gasteiger partial charge in [-0.3, -0.25) is 10.7 Å². The summed E-state index contributed by atoms with van der Waals surface area (Å²) in [6, 6.07) is 4.15. The van der Waals surface area contributed by atoms with Gasteiger partial charge in [0, 0.05) is 12.1 Å². The highest BCUT2D eigenvalue weighted by molar-refractivity contribution is 9.10. The smallest absolute Gasteiger partial charge is 0.182 e. The van der Waals surface area contributed by atoms with E-state index in [0.29, 0.717) is 29.4 Å². The van der Waals surface area contributed by atoms with Gasteiger partial charge in [-0.25, -0.2) is 14.0 Å². The maximum atomic E-state index is 13.4. The predicted molar refractivity (Wildman–Crippen MR) is 104 cm³/mol. The molecule has 0 radical (unpaired) electrons. The van der Waals surface area contributed by atoms with Crippen molar-refractivity contribution in [3.8, 4) is 0 Å². The number of rotatable bonds is 6. The number of nitrogens with zero attached hydrogens (tertiary/aromatic N) is 3. The minimum atomic E-state index is -0.426. The SMILES string of the molecule is N=C(Cc1nonc1C(=Nc1ccc(F)c(Br)c1)NO)CC1CCC(O)CC1. The van der Waals surface area contributed by atoms with Crippen molar-refractivity contribution in [3.63, 3.8) is 0 Å². The number of hydrogen-bond donors (Lipinski definition) is 4. The molecule has 1 saturated carbocycles. The van der Waals surface area contributed by atoms with Gasteiger partial charge in [-0.15, -0.1) is 0 Å². The van der Waals surface area contributed by atoms with Crippen LogP contribution in [0, 0.1) is 17.1 Å². The highest BCUT2D eigenvalue weighted by Gasteiger charge is 2.23. The second-order valence-corrected chi connectivity index (χ2v) is 7.74. The van der Waals surface area contributed by atoms with Crippen LogP contribution in [0.25, 0.3) is 0 Å². The molecule has 4 N–H and O–H groups in total. The van der Waals surface area contributed by atoms with Gasteiger partial charge >= 0.3 is 0 Å².